The molecule has 1 fully saturated rings. The van der Waals surface area contributed by atoms with Gasteiger partial charge in [0, 0.05) is 43.8 Å². The van der Waals surface area contributed by atoms with Crippen LogP contribution in [0.4, 0.5) is 5.69 Å². The molecule has 3 heterocycles. The summed E-state index contributed by atoms with van der Waals surface area (Å²) in [6, 6.07) is 16.3. The number of methoxy groups -OCH3 is 1. The van der Waals surface area contributed by atoms with Gasteiger partial charge < -0.3 is 19.1 Å². The third-order valence-electron chi connectivity index (χ3n) is 5.89. The van der Waals surface area contributed by atoms with Crippen molar-refractivity contribution in [1.82, 2.24) is 9.88 Å². The van der Waals surface area contributed by atoms with Crippen LogP contribution < -0.4 is 19.1 Å². The number of fused-ring (bicyclic) bond motifs is 3. The predicted octanol–water partition coefficient (Wildman–Crippen LogP) is 3.51. The lowest BCUT2D eigenvalue weighted by atomic mass is 10.1. The summed E-state index contributed by atoms with van der Waals surface area (Å²) >= 11 is 0. The van der Waals surface area contributed by atoms with Crippen LogP contribution in [0.3, 0.4) is 0 Å². The Morgan fingerprint density at radius 1 is 1.03 bits per heavy atom. The largest absolute Gasteiger partial charge is 0.495 e. The predicted molar refractivity (Wildman–Crippen MR) is 118 cm³/mol. The van der Waals surface area contributed by atoms with Gasteiger partial charge in [-0.2, -0.15) is 0 Å². The van der Waals surface area contributed by atoms with Gasteiger partial charge in [-0.3, -0.25) is 9.88 Å². The molecule has 3 aromatic rings. The highest BCUT2D eigenvalue weighted by Crippen LogP contribution is 2.38. The van der Waals surface area contributed by atoms with Crippen LogP contribution in [0.2, 0.25) is 0 Å². The lowest BCUT2D eigenvalue weighted by molar-refractivity contribution is 0.0587. The average Bonchev–Trinajstić information content (AvgIpc) is 2.79. The summed E-state index contributed by atoms with van der Waals surface area (Å²) in [5.41, 5.74) is 3.12. The Morgan fingerprint density at radius 2 is 1.87 bits per heavy atom. The Bertz CT molecular complexity index is 1050. The van der Waals surface area contributed by atoms with Crippen molar-refractivity contribution in [1.29, 1.82) is 0 Å². The minimum atomic E-state index is 0.0159. The highest BCUT2D eigenvalue weighted by atomic mass is 16.6. The van der Waals surface area contributed by atoms with Crippen molar-refractivity contribution in [3.8, 4) is 17.2 Å². The van der Waals surface area contributed by atoms with Gasteiger partial charge in [-0.1, -0.05) is 12.1 Å². The number of pyridine rings is 1. The van der Waals surface area contributed by atoms with Gasteiger partial charge >= 0.3 is 0 Å². The molecule has 0 bridgehead atoms. The van der Waals surface area contributed by atoms with E-state index in [1.807, 2.05) is 37.3 Å². The van der Waals surface area contributed by atoms with Crippen LogP contribution in [0, 0.1) is 6.92 Å². The first-order chi connectivity index (χ1) is 14.7. The van der Waals surface area contributed by atoms with E-state index in [1.54, 1.807) is 7.11 Å². The topological polar surface area (TPSA) is 47.1 Å². The molecule has 0 aliphatic carbocycles. The van der Waals surface area contributed by atoms with Crippen LogP contribution in [-0.4, -0.2) is 62.4 Å². The zero-order valence-electron chi connectivity index (χ0n) is 17.5. The number of hydrogen-bond acceptors (Lipinski definition) is 6. The molecule has 5 rings (SSSR count). The van der Waals surface area contributed by atoms with Crippen molar-refractivity contribution in [2.75, 3.05) is 51.3 Å². The summed E-state index contributed by atoms with van der Waals surface area (Å²) < 4.78 is 18.0. The Morgan fingerprint density at radius 3 is 2.70 bits per heavy atom. The maximum absolute atomic E-state index is 6.40. The number of benzene rings is 2. The zero-order valence-corrected chi connectivity index (χ0v) is 17.5. The molecule has 0 radical (unpaired) electrons. The first kappa shape index (κ1) is 19.0. The molecule has 2 aliphatic heterocycles. The maximum atomic E-state index is 6.40. The van der Waals surface area contributed by atoms with E-state index < -0.39 is 0 Å². The molecule has 2 aliphatic rings. The minimum Gasteiger partial charge on any atom is -0.495 e. The average molecular weight is 405 g/mol. The second-order valence-electron chi connectivity index (χ2n) is 7.92. The maximum Gasteiger partial charge on any atom is 0.171 e. The summed E-state index contributed by atoms with van der Waals surface area (Å²) in [5.74, 6) is 2.57. The summed E-state index contributed by atoms with van der Waals surface area (Å²) in [4.78, 5) is 9.46. The van der Waals surface area contributed by atoms with E-state index >= 15 is 0 Å². The minimum absolute atomic E-state index is 0.0159. The van der Waals surface area contributed by atoms with E-state index in [2.05, 4.69) is 33.0 Å². The van der Waals surface area contributed by atoms with Crippen molar-refractivity contribution in [2.45, 2.75) is 13.0 Å². The normalized spacial score (nSPS) is 19.1. The van der Waals surface area contributed by atoms with Crippen molar-refractivity contribution in [3.63, 3.8) is 0 Å². The van der Waals surface area contributed by atoms with E-state index in [4.69, 9.17) is 14.2 Å². The molecule has 30 heavy (non-hydrogen) atoms. The SMILES string of the molecule is COc1ccccc1N1CCN(C[C@H]2COc3ccc4nc(C)ccc4c3O2)CC1. The van der Waals surface area contributed by atoms with Gasteiger partial charge in [0.2, 0.25) is 0 Å². The van der Waals surface area contributed by atoms with Crippen LogP contribution in [0.25, 0.3) is 10.9 Å². The molecule has 0 amide bonds. The molecular formula is C24H27N3O3. The van der Waals surface area contributed by atoms with Crippen LogP contribution in [0.1, 0.15) is 5.69 Å². The van der Waals surface area contributed by atoms with Crippen LogP contribution >= 0.6 is 0 Å². The summed E-state index contributed by atoms with van der Waals surface area (Å²) in [6.07, 6.45) is 0.0159. The number of ether oxygens (including phenoxy) is 3. The van der Waals surface area contributed by atoms with E-state index in [0.29, 0.717) is 6.61 Å². The molecule has 0 spiro atoms. The number of anilines is 1. The van der Waals surface area contributed by atoms with Crippen LogP contribution in [0.15, 0.2) is 48.5 Å². The Balaban J connectivity index is 1.24. The number of nitrogens with zero attached hydrogens (tertiary/aromatic N) is 3. The third kappa shape index (κ3) is 3.63. The number of rotatable bonds is 4. The number of hydrogen-bond donors (Lipinski definition) is 0. The van der Waals surface area contributed by atoms with Gasteiger partial charge in [0.15, 0.2) is 11.5 Å². The standard InChI is InChI=1S/C24H27N3O3/c1-17-7-8-19-20(25-17)9-10-23-24(19)30-18(16-29-23)15-26-11-13-27(14-12-26)21-5-3-4-6-22(21)28-2/h3-10,18H,11-16H2,1-2H3/t18-/m0/s1. The number of aromatic nitrogens is 1. The lowest BCUT2D eigenvalue weighted by Gasteiger charge is -2.38. The first-order valence-corrected chi connectivity index (χ1v) is 10.5. The lowest BCUT2D eigenvalue weighted by Crippen LogP contribution is -2.50. The Hall–Kier alpha value is -2.99. The number of piperazine rings is 1. The van der Waals surface area contributed by atoms with Crippen molar-refractivity contribution < 1.29 is 14.2 Å². The fourth-order valence-corrected chi connectivity index (χ4v) is 4.32. The van der Waals surface area contributed by atoms with Crippen molar-refractivity contribution >= 4 is 16.6 Å². The highest BCUT2D eigenvalue weighted by Gasteiger charge is 2.27. The highest BCUT2D eigenvalue weighted by molar-refractivity contribution is 5.88. The fraction of sp³-hybridized carbons (Fsp3) is 0.375. The molecule has 0 saturated carbocycles. The molecule has 6 heteroatoms. The van der Waals surface area contributed by atoms with Gasteiger partial charge in [-0.05, 0) is 43.3 Å². The third-order valence-corrected chi connectivity index (χ3v) is 5.89. The number of aryl methyl sites for hydroxylation is 1. The molecule has 0 N–H and O–H groups in total. The van der Waals surface area contributed by atoms with Gasteiger partial charge in [0.25, 0.3) is 0 Å². The van der Waals surface area contributed by atoms with Gasteiger partial charge in [0.05, 0.1) is 18.3 Å². The summed E-state index contributed by atoms with van der Waals surface area (Å²) in [5, 5.41) is 1.02. The van der Waals surface area contributed by atoms with Crippen molar-refractivity contribution in [2.24, 2.45) is 0 Å². The van der Waals surface area contributed by atoms with Gasteiger partial charge in [0.1, 0.15) is 18.5 Å². The second kappa shape index (κ2) is 8.03. The molecule has 1 atom stereocenters. The van der Waals surface area contributed by atoms with Crippen LogP contribution in [0.5, 0.6) is 17.2 Å². The molecule has 6 nitrogen and oxygen atoms in total. The monoisotopic (exact) mass is 405 g/mol. The molecule has 0 unspecified atom stereocenters. The van der Waals surface area contributed by atoms with E-state index in [0.717, 1.165) is 66.6 Å². The van der Waals surface area contributed by atoms with Gasteiger partial charge in [-0.25, -0.2) is 0 Å². The molecule has 1 aromatic heterocycles. The zero-order chi connectivity index (χ0) is 20.5. The fourth-order valence-electron chi connectivity index (χ4n) is 4.32. The van der Waals surface area contributed by atoms with Crippen molar-refractivity contribution in [3.05, 3.63) is 54.2 Å². The summed E-state index contributed by atoms with van der Waals surface area (Å²) in [7, 11) is 1.73. The molecule has 156 valence electrons. The smallest absolute Gasteiger partial charge is 0.171 e. The van der Waals surface area contributed by atoms with E-state index in [9.17, 15) is 0 Å². The quantitative estimate of drug-likeness (QED) is 0.662. The van der Waals surface area contributed by atoms with Gasteiger partial charge in [-0.15, -0.1) is 0 Å². The second-order valence-corrected chi connectivity index (χ2v) is 7.92. The van der Waals surface area contributed by atoms with Crippen LogP contribution in [-0.2, 0) is 0 Å². The molecular weight excluding hydrogens is 378 g/mol. The Kier molecular flexibility index (Phi) is 5.09. The van der Waals surface area contributed by atoms with E-state index in [-0.39, 0.29) is 6.10 Å². The summed E-state index contributed by atoms with van der Waals surface area (Å²) in [6.45, 7) is 7.35. The first-order valence-electron chi connectivity index (χ1n) is 10.5. The molecule has 1 saturated heterocycles. The van der Waals surface area contributed by atoms with E-state index in [1.165, 1.54) is 5.69 Å². The Labute approximate surface area is 177 Å². The number of para-hydroxylation sites is 2. The molecule has 2 aromatic carbocycles.